The zero-order chi connectivity index (χ0) is 14.1. The third kappa shape index (κ3) is 2.26. The van der Waals surface area contributed by atoms with Gasteiger partial charge in [0.1, 0.15) is 11.9 Å². The van der Waals surface area contributed by atoms with Crippen molar-refractivity contribution >= 4 is 22.4 Å². The zero-order valence-electron chi connectivity index (χ0n) is 10.4. The molecule has 3 aromatic rings. The minimum Gasteiger partial charge on any atom is -0.384 e. The van der Waals surface area contributed by atoms with E-state index in [0.29, 0.717) is 11.1 Å². The SMILES string of the molecule is OC(c1ccc(F)c(Cl)c1)c1cncc2ccccc12. The Labute approximate surface area is 120 Å². The summed E-state index contributed by atoms with van der Waals surface area (Å²) in [7, 11) is 0. The molecule has 1 unspecified atom stereocenters. The third-order valence-corrected chi connectivity index (χ3v) is 3.54. The summed E-state index contributed by atoms with van der Waals surface area (Å²) in [5, 5.41) is 12.3. The number of rotatable bonds is 2. The Morgan fingerprint density at radius 2 is 1.90 bits per heavy atom. The molecular weight excluding hydrogens is 277 g/mol. The summed E-state index contributed by atoms with van der Waals surface area (Å²) < 4.78 is 13.2. The largest absolute Gasteiger partial charge is 0.384 e. The van der Waals surface area contributed by atoms with E-state index in [4.69, 9.17) is 11.6 Å². The van der Waals surface area contributed by atoms with Crippen LogP contribution in [-0.4, -0.2) is 10.1 Å². The molecule has 0 fully saturated rings. The van der Waals surface area contributed by atoms with Gasteiger partial charge in [0, 0.05) is 23.3 Å². The molecule has 3 rings (SSSR count). The second-order valence-electron chi connectivity index (χ2n) is 4.53. The van der Waals surface area contributed by atoms with E-state index in [2.05, 4.69) is 4.98 Å². The maximum absolute atomic E-state index is 13.2. The molecule has 0 radical (unpaired) electrons. The molecule has 0 spiro atoms. The van der Waals surface area contributed by atoms with Crippen molar-refractivity contribution < 1.29 is 9.50 Å². The summed E-state index contributed by atoms with van der Waals surface area (Å²) in [6.07, 6.45) is 2.46. The van der Waals surface area contributed by atoms with E-state index < -0.39 is 11.9 Å². The first-order chi connectivity index (χ1) is 9.66. The average molecular weight is 288 g/mol. The van der Waals surface area contributed by atoms with Gasteiger partial charge in [0.2, 0.25) is 0 Å². The van der Waals surface area contributed by atoms with E-state index in [9.17, 15) is 9.50 Å². The maximum Gasteiger partial charge on any atom is 0.141 e. The predicted octanol–water partition coefficient (Wildman–Crippen LogP) is 4.11. The number of hydrogen-bond acceptors (Lipinski definition) is 2. The van der Waals surface area contributed by atoms with Crippen LogP contribution in [0.15, 0.2) is 54.9 Å². The van der Waals surface area contributed by atoms with Gasteiger partial charge in [0.05, 0.1) is 5.02 Å². The van der Waals surface area contributed by atoms with Crippen LogP contribution >= 0.6 is 11.6 Å². The van der Waals surface area contributed by atoms with Gasteiger partial charge in [-0.25, -0.2) is 4.39 Å². The highest BCUT2D eigenvalue weighted by Crippen LogP contribution is 2.29. The van der Waals surface area contributed by atoms with Crippen LogP contribution in [0.25, 0.3) is 10.8 Å². The number of halogens is 2. The van der Waals surface area contributed by atoms with E-state index in [1.165, 1.54) is 18.2 Å². The molecule has 1 aromatic heterocycles. The van der Waals surface area contributed by atoms with Crippen LogP contribution in [-0.2, 0) is 0 Å². The molecule has 0 aliphatic rings. The Hall–Kier alpha value is -1.97. The number of aromatic nitrogens is 1. The Morgan fingerprint density at radius 1 is 1.10 bits per heavy atom. The van der Waals surface area contributed by atoms with Gasteiger partial charge in [-0.2, -0.15) is 0 Å². The van der Waals surface area contributed by atoms with Crippen LogP contribution in [0.2, 0.25) is 5.02 Å². The summed E-state index contributed by atoms with van der Waals surface area (Å²) >= 11 is 5.76. The van der Waals surface area contributed by atoms with Crippen LogP contribution < -0.4 is 0 Å². The first-order valence-corrected chi connectivity index (χ1v) is 6.50. The lowest BCUT2D eigenvalue weighted by molar-refractivity contribution is 0.221. The highest BCUT2D eigenvalue weighted by atomic mass is 35.5. The van der Waals surface area contributed by atoms with Crippen molar-refractivity contribution in [2.45, 2.75) is 6.10 Å². The van der Waals surface area contributed by atoms with Crippen molar-refractivity contribution in [3.8, 4) is 0 Å². The second kappa shape index (κ2) is 5.19. The Kier molecular flexibility index (Phi) is 3.38. The van der Waals surface area contributed by atoms with E-state index in [1.54, 1.807) is 12.4 Å². The lowest BCUT2D eigenvalue weighted by Gasteiger charge is -2.14. The zero-order valence-corrected chi connectivity index (χ0v) is 11.2. The minimum absolute atomic E-state index is 0.00486. The van der Waals surface area contributed by atoms with Gasteiger partial charge < -0.3 is 5.11 Å². The van der Waals surface area contributed by atoms with Crippen molar-refractivity contribution in [3.63, 3.8) is 0 Å². The van der Waals surface area contributed by atoms with Crippen LogP contribution in [0.4, 0.5) is 4.39 Å². The van der Waals surface area contributed by atoms with Crippen molar-refractivity contribution in [1.29, 1.82) is 0 Å². The number of nitrogens with zero attached hydrogens (tertiary/aromatic N) is 1. The molecule has 0 bridgehead atoms. The molecule has 4 heteroatoms. The monoisotopic (exact) mass is 287 g/mol. The number of aliphatic hydroxyl groups is 1. The summed E-state index contributed by atoms with van der Waals surface area (Å²) in [6, 6.07) is 11.9. The van der Waals surface area contributed by atoms with Gasteiger partial charge in [0.25, 0.3) is 0 Å². The maximum atomic E-state index is 13.2. The molecule has 0 saturated heterocycles. The highest BCUT2D eigenvalue weighted by molar-refractivity contribution is 6.30. The van der Waals surface area contributed by atoms with Gasteiger partial charge >= 0.3 is 0 Å². The lowest BCUT2D eigenvalue weighted by Crippen LogP contribution is -2.01. The molecular formula is C16H11ClFNO. The molecule has 100 valence electrons. The molecule has 0 amide bonds. The van der Waals surface area contributed by atoms with E-state index in [-0.39, 0.29) is 5.02 Å². The molecule has 2 aromatic carbocycles. The fraction of sp³-hybridized carbons (Fsp3) is 0.0625. The van der Waals surface area contributed by atoms with Crippen molar-refractivity contribution in [1.82, 2.24) is 4.98 Å². The molecule has 20 heavy (non-hydrogen) atoms. The fourth-order valence-corrected chi connectivity index (χ4v) is 2.41. The van der Waals surface area contributed by atoms with Crippen molar-refractivity contribution in [3.05, 3.63) is 76.8 Å². The molecule has 0 aliphatic carbocycles. The standard InChI is InChI=1S/C16H11ClFNO/c17-14-7-10(5-6-15(14)18)16(20)13-9-19-8-11-3-1-2-4-12(11)13/h1-9,16,20H. The van der Waals surface area contributed by atoms with Gasteiger partial charge in [-0.05, 0) is 23.1 Å². The second-order valence-corrected chi connectivity index (χ2v) is 4.93. The van der Waals surface area contributed by atoms with Crippen LogP contribution in [0, 0.1) is 5.82 Å². The molecule has 0 aliphatic heterocycles. The van der Waals surface area contributed by atoms with E-state index in [0.717, 1.165) is 10.8 Å². The predicted molar refractivity (Wildman–Crippen MR) is 77.2 cm³/mol. The number of hydrogen-bond donors (Lipinski definition) is 1. The number of fused-ring (bicyclic) bond motifs is 1. The van der Waals surface area contributed by atoms with Gasteiger partial charge in [-0.1, -0.05) is 41.9 Å². The molecule has 1 N–H and O–H groups in total. The fourth-order valence-electron chi connectivity index (χ4n) is 2.22. The third-order valence-electron chi connectivity index (χ3n) is 3.25. The molecule has 2 nitrogen and oxygen atoms in total. The summed E-state index contributed by atoms with van der Waals surface area (Å²) in [5.41, 5.74) is 1.21. The van der Waals surface area contributed by atoms with E-state index >= 15 is 0 Å². The minimum atomic E-state index is -0.897. The first-order valence-electron chi connectivity index (χ1n) is 6.12. The number of aliphatic hydroxyl groups excluding tert-OH is 1. The number of benzene rings is 2. The van der Waals surface area contributed by atoms with Gasteiger partial charge in [-0.3, -0.25) is 4.98 Å². The molecule has 1 heterocycles. The van der Waals surface area contributed by atoms with Crippen LogP contribution in [0.1, 0.15) is 17.2 Å². The van der Waals surface area contributed by atoms with Crippen LogP contribution in [0.5, 0.6) is 0 Å². The Morgan fingerprint density at radius 3 is 2.70 bits per heavy atom. The van der Waals surface area contributed by atoms with Crippen LogP contribution in [0.3, 0.4) is 0 Å². The lowest BCUT2D eigenvalue weighted by atomic mass is 9.98. The highest BCUT2D eigenvalue weighted by Gasteiger charge is 2.15. The summed E-state index contributed by atoms with van der Waals surface area (Å²) in [6.45, 7) is 0. The van der Waals surface area contributed by atoms with Crippen molar-refractivity contribution in [2.75, 3.05) is 0 Å². The number of pyridine rings is 1. The summed E-state index contributed by atoms with van der Waals surface area (Å²) in [5.74, 6) is -0.501. The average Bonchev–Trinajstić information content (AvgIpc) is 2.49. The first kappa shape index (κ1) is 13.0. The van der Waals surface area contributed by atoms with E-state index in [1.807, 2.05) is 24.3 Å². The normalized spacial score (nSPS) is 12.6. The van der Waals surface area contributed by atoms with Gasteiger partial charge in [-0.15, -0.1) is 0 Å². The topological polar surface area (TPSA) is 33.1 Å². The quantitative estimate of drug-likeness (QED) is 0.769. The Bertz CT molecular complexity index is 770. The van der Waals surface area contributed by atoms with Gasteiger partial charge in [0.15, 0.2) is 0 Å². The smallest absolute Gasteiger partial charge is 0.141 e. The Balaban J connectivity index is 2.12. The molecule has 1 atom stereocenters. The summed E-state index contributed by atoms with van der Waals surface area (Å²) in [4.78, 5) is 4.13. The van der Waals surface area contributed by atoms with Crippen molar-refractivity contribution in [2.24, 2.45) is 0 Å². The molecule has 0 saturated carbocycles.